The second kappa shape index (κ2) is 6.37. The highest BCUT2D eigenvalue weighted by Gasteiger charge is 2.41. The third-order valence-electron chi connectivity index (χ3n) is 3.46. The van der Waals surface area contributed by atoms with Gasteiger partial charge in [-0.25, -0.2) is 0 Å². The molecule has 6 heteroatoms. The molecule has 2 amide bonds. The highest BCUT2D eigenvalue weighted by molar-refractivity contribution is 5.85. The van der Waals surface area contributed by atoms with Gasteiger partial charge in [0.15, 0.2) is 0 Å². The van der Waals surface area contributed by atoms with E-state index in [1.807, 2.05) is 0 Å². The van der Waals surface area contributed by atoms with Crippen molar-refractivity contribution in [2.24, 2.45) is 11.1 Å². The van der Waals surface area contributed by atoms with Gasteiger partial charge in [0.05, 0.1) is 5.41 Å². The fourth-order valence-electron chi connectivity index (χ4n) is 2.39. The second-order valence-electron chi connectivity index (χ2n) is 4.89. The van der Waals surface area contributed by atoms with Crippen LogP contribution < -0.4 is 11.1 Å². The van der Waals surface area contributed by atoms with Gasteiger partial charge in [-0.1, -0.05) is 19.3 Å². The molecule has 1 saturated carbocycles. The van der Waals surface area contributed by atoms with E-state index in [9.17, 15) is 19.5 Å². The molecule has 0 unspecified atom stereocenters. The maximum absolute atomic E-state index is 11.7. The van der Waals surface area contributed by atoms with E-state index in [4.69, 9.17) is 5.73 Å². The van der Waals surface area contributed by atoms with Crippen molar-refractivity contribution in [1.82, 2.24) is 5.32 Å². The van der Waals surface area contributed by atoms with E-state index < -0.39 is 17.3 Å². The van der Waals surface area contributed by atoms with E-state index in [2.05, 4.69) is 5.32 Å². The van der Waals surface area contributed by atoms with Gasteiger partial charge in [0.25, 0.3) is 0 Å². The molecule has 1 rings (SSSR count). The summed E-state index contributed by atoms with van der Waals surface area (Å²) >= 11 is 0. The quantitative estimate of drug-likeness (QED) is 0.639. The average molecular weight is 256 g/mol. The topological polar surface area (TPSA) is 109 Å². The maximum atomic E-state index is 11.7. The molecule has 0 spiro atoms. The van der Waals surface area contributed by atoms with Gasteiger partial charge in [-0.15, -0.1) is 0 Å². The van der Waals surface area contributed by atoms with Gasteiger partial charge in [0.1, 0.15) is 0 Å². The normalized spacial score (nSPS) is 18.0. The number of carboxylic acid groups (broad SMARTS) is 1. The lowest BCUT2D eigenvalue weighted by Gasteiger charge is -2.32. The van der Waals surface area contributed by atoms with Gasteiger partial charge < -0.3 is 16.2 Å². The first-order valence-electron chi connectivity index (χ1n) is 6.25. The zero-order valence-corrected chi connectivity index (χ0v) is 10.4. The molecule has 6 nitrogen and oxygen atoms in total. The van der Waals surface area contributed by atoms with Crippen LogP contribution in [0.1, 0.15) is 44.9 Å². The van der Waals surface area contributed by atoms with Crippen molar-refractivity contribution in [2.75, 3.05) is 6.54 Å². The van der Waals surface area contributed by atoms with Crippen molar-refractivity contribution in [1.29, 1.82) is 0 Å². The fraction of sp³-hybridized carbons (Fsp3) is 0.750. The highest BCUT2D eigenvalue weighted by Crippen LogP contribution is 2.39. The SMILES string of the molecule is NC(=O)CCNC(=O)CC1(C(=O)O)CCCCC1. The maximum Gasteiger partial charge on any atom is 0.310 e. The van der Waals surface area contributed by atoms with Crippen LogP contribution in [-0.4, -0.2) is 29.4 Å². The molecule has 18 heavy (non-hydrogen) atoms. The number of nitrogens with two attached hydrogens (primary N) is 1. The van der Waals surface area contributed by atoms with E-state index in [1.165, 1.54) is 0 Å². The number of nitrogens with one attached hydrogen (secondary N) is 1. The van der Waals surface area contributed by atoms with Gasteiger partial charge in [-0.05, 0) is 12.8 Å². The van der Waals surface area contributed by atoms with Crippen molar-refractivity contribution in [3.05, 3.63) is 0 Å². The molecule has 0 saturated heterocycles. The molecule has 0 atom stereocenters. The Bertz CT molecular complexity index is 335. The number of rotatable bonds is 6. The smallest absolute Gasteiger partial charge is 0.310 e. The van der Waals surface area contributed by atoms with Gasteiger partial charge in [-0.3, -0.25) is 14.4 Å². The highest BCUT2D eigenvalue weighted by atomic mass is 16.4. The van der Waals surface area contributed by atoms with Crippen LogP contribution in [0.4, 0.5) is 0 Å². The number of carbonyl (C=O) groups is 3. The van der Waals surface area contributed by atoms with Gasteiger partial charge in [0, 0.05) is 19.4 Å². The molecule has 1 aliphatic rings. The molecule has 0 bridgehead atoms. The molecule has 0 aromatic heterocycles. The Morgan fingerprint density at radius 2 is 1.78 bits per heavy atom. The second-order valence-corrected chi connectivity index (χ2v) is 4.89. The minimum Gasteiger partial charge on any atom is -0.481 e. The van der Waals surface area contributed by atoms with Crippen LogP contribution >= 0.6 is 0 Å². The van der Waals surface area contributed by atoms with Gasteiger partial charge >= 0.3 is 5.97 Å². The Morgan fingerprint density at radius 3 is 2.28 bits per heavy atom. The summed E-state index contributed by atoms with van der Waals surface area (Å²) < 4.78 is 0. The predicted molar refractivity (Wildman–Crippen MR) is 64.6 cm³/mol. The number of amides is 2. The molecule has 1 fully saturated rings. The summed E-state index contributed by atoms with van der Waals surface area (Å²) in [7, 11) is 0. The van der Waals surface area contributed by atoms with Crippen molar-refractivity contribution < 1.29 is 19.5 Å². The Hall–Kier alpha value is -1.59. The predicted octanol–water partition coefficient (Wildman–Crippen LogP) is 0.403. The third-order valence-corrected chi connectivity index (χ3v) is 3.46. The molecule has 0 radical (unpaired) electrons. The van der Waals surface area contributed by atoms with Crippen molar-refractivity contribution in [3.63, 3.8) is 0 Å². The van der Waals surface area contributed by atoms with Crippen LogP contribution in [0.2, 0.25) is 0 Å². The van der Waals surface area contributed by atoms with Crippen LogP contribution in [0.3, 0.4) is 0 Å². The summed E-state index contributed by atoms with van der Waals surface area (Å²) in [5.41, 5.74) is 4.03. The van der Waals surface area contributed by atoms with Crippen LogP contribution in [0, 0.1) is 5.41 Å². The third kappa shape index (κ3) is 4.01. The Kier molecular flexibility index (Phi) is 5.12. The zero-order valence-electron chi connectivity index (χ0n) is 10.4. The van der Waals surface area contributed by atoms with Crippen molar-refractivity contribution in [3.8, 4) is 0 Å². The van der Waals surface area contributed by atoms with E-state index in [-0.39, 0.29) is 25.3 Å². The Balaban J connectivity index is 2.48. The molecule has 4 N–H and O–H groups in total. The van der Waals surface area contributed by atoms with Gasteiger partial charge in [-0.2, -0.15) is 0 Å². The molecule has 1 aliphatic carbocycles. The first-order chi connectivity index (χ1) is 8.46. The minimum absolute atomic E-state index is 0.0128. The van der Waals surface area contributed by atoms with Crippen LogP contribution in [0.15, 0.2) is 0 Å². The molecule has 0 heterocycles. The largest absolute Gasteiger partial charge is 0.481 e. The number of primary amides is 1. The number of hydrogen-bond acceptors (Lipinski definition) is 3. The molecule has 102 valence electrons. The summed E-state index contributed by atoms with van der Waals surface area (Å²) in [4.78, 5) is 33.5. The number of aliphatic carboxylic acids is 1. The summed E-state index contributed by atoms with van der Waals surface area (Å²) in [6.45, 7) is 0.171. The van der Waals surface area contributed by atoms with E-state index in [0.717, 1.165) is 19.3 Å². The number of hydrogen-bond donors (Lipinski definition) is 3. The van der Waals surface area contributed by atoms with Gasteiger partial charge in [0.2, 0.25) is 11.8 Å². The van der Waals surface area contributed by atoms with Crippen molar-refractivity contribution >= 4 is 17.8 Å². The lowest BCUT2D eigenvalue weighted by molar-refractivity contribution is -0.154. The first kappa shape index (κ1) is 14.5. The number of carbonyl (C=O) groups excluding carboxylic acids is 2. The minimum atomic E-state index is -0.922. The van der Waals surface area contributed by atoms with Crippen LogP contribution in [-0.2, 0) is 14.4 Å². The van der Waals surface area contributed by atoms with E-state index >= 15 is 0 Å². The summed E-state index contributed by atoms with van der Waals surface area (Å²) in [5, 5.41) is 11.8. The van der Waals surface area contributed by atoms with Crippen molar-refractivity contribution in [2.45, 2.75) is 44.9 Å². The molecule has 0 aliphatic heterocycles. The summed E-state index contributed by atoms with van der Waals surface area (Å²) in [6.07, 6.45) is 3.88. The first-order valence-corrected chi connectivity index (χ1v) is 6.25. The van der Waals surface area contributed by atoms with Crippen LogP contribution in [0.25, 0.3) is 0 Å². The lowest BCUT2D eigenvalue weighted by Crippen LogP contribution is -2.39. The molecular formula is C12H20N2O4. The number of carboxylic acids is 1. The average Bonchev–Trinajstić information content (AvgIpc) is 2.29. The van der Waals surface area contributed by atoms with E-state index in [1.54, 1.807) is 0 Å². The van der Waals surface area contributed by atoms with Crippen LogP contribution in [0.5, 0.6) is 0 Å². The lowest BCUT2D eigenvalue weighted by atomic mass is 9.71. The Morgan fingerprint density at radius 1 is 1.17 bits per heavy atom. The zero-order chi connectivity index (χ0) is 13.6. The monoisotopic (exact) mass is 256 g/mol. The fourth-order valence-corrected chi connectivity index (χ4v) is 2.39. The van der Waals surface area contributed by atoms with E-state index in [0.29, 0.717) is 12.8 Å². The molecule has 0 aromatic carbocycles. The molecule has 0 aromatic rings. The standard InChI is InChI=1S/C12H20N2O4/c13-9(15)4-7-14-10(16)8-12(11(17)18)5-2-1-3-6-12/h1-8H2,(H2,13,15)(H,14,16)(H,17,18). The summed E-state index contributed by atoms with van der Waals surface area (Å²) in [5.74, 6) is -1.70. The summed E-state index contributed by atoms with van der Waals surface area (Å²) in [6, 6.07) is 0. The molecular weight excluding hydrogens is 236 g/mol. The Labute approximate surface area is 106 Å².